The molecule has 0 spiro atoms. The summed E-state index contributed by atoms with van der Waals surface area (Å²) < 4.78 is 5.85. The first-order valence-electron chi connectivity index (χ1n) is 6.36. The van der Waals surface area contributed by atoms with Crippen molar-refractivity contribution in [1.29, 1.82) is 0 Å². The molecule has 1 N–H and O–H groups in total. The van der Waals surface area contributed by atoms with E-state index in [1.165, 1.54) is 32.1 Å². The van der Waals surface area contributed by atoms with E-state index < -0.39 is 0 Å². The van der Waals surface area contributed by atoms with Crippen LogP contribution in [-0.4, -0.2) is 26.8 Å². The number of nitrogens with one attached hydrogen (secondary N) is 1. The van der Waals surface area contributed by atoms with Gasteiger partial charge in [-0.1, -0.05) is 33.1 Å². The summed E-state index contributed by atoms with van der Waals surface area (Å²) >= 11 is 0. The molecule has 1 fully saturated rings. The van der Waals surface area contributed by atoms with E-state index in [0.29, 0.717) is 0 Å². The van der Waals surface area contributed by atoms with Crippen LogP contribution in [0.5, 0.6) is 0 Å². The molecule has 0 radical (unpaired) electrons. The lowest BCUT2D eigenvalue weighted by Gasteiger charge is -2.27. The Bertz CT molecular complexity index is 162. The Hall–Kier alpha value is -0.0800. The van der Waals surface area contributed by atoms with Crippen LogP contribution in [0.2, 0.25) is 0 Å². The van der Waals surface area contributed by atoms with Gasteiger partial charge in [-0.05, 0) is 25.8 Å². The zero-order valence-corrected chi connectivity index (χ0v) is 10.6. The molecule has 2 nitrogen and oxygen atoms in total. The van der Waals surface area contributed by atoms with Gasteiger partial charge in [0.25, 0.3) is 0 Å². The highest BCUT2D eigenvalue weighted by atomic mass is 16.5. The molecule has 0 saturated heterocycles. The Morgan fingerprint density at radius 1 is 1.20 bits per heavy atom. The second kappa shape index (κ2) is 6.49. The first-order chi connectivity index (χ1) is 7.14. The average molecular weight is 213 g/mol. The van der Waals surface area contributed by atoms with Gasteiger partial charge in [0, 0.05) is 18.6 Å². The molecule has 1 rings (SSSR count). The minimum atomic E-state index is 0.267. The second-order valence-corrected chi connectivity index (χ2v) is 5.71. The number of ether oxygens (including phenoxy) is 1. The number of hydrogen-bond acceptors (Lipinski definition) is 2. The maximum atomic E-state index is 5.85. The molecule has 90 valence electrons. The Balaban J connectivity index is 2.09. The number of hydrogen-bond donors (Lipinski definition) is 1. The molecule has 0 bridgehead atoms. The van der Waals surface area contributed by atoms with Gasteiger partial charge < -0.3 is 10.1 Å². The lowest BCUT2D eigenvalue weighted by molar-refractivity contribution is 0.0330. The molecule has 0 aliphatic heterocycles. The smallest absolute Gasteiger partial charge is 0.0529 e. The van der Waals surface area contributed by atoms with Crippen molar-refractivity contribution >= 4 is 0 Å². The van der Waals surface area contributed by atoms with Crippen LogP contribution in [0.4, 0.5) is 0 Å². The van der Waals surface area contributed by atoms with Gasteiger partial charge >= 0.3 is 0 Å². The van der Waals surface area contributed by atoms with Crippen molar-refractivity contribution in [2.75, 3.05) is 26.8 Å². The zero-order chi connectivity index (χ0) is 11.1. The van der Waals surface area contributed by atoms with Crippen molar-refractivity contribution in [2.24, 2.45) is 11.3 Å². The third-order valence-electron chi connectivity index (χ3n) is 3.23. The molecule has 1 aliphatic carbocycles. The summed E-state index contributed by atoms with van der Waals surface area (Å²) in [6.07, 6.45) is 7.02. The molecule has 15 heavy (non-hydrogen) atoms. The highest BCUT2D eigenvalue weighted by Crippen LogP contribution is 2.24. The Morgan fingerprint density at radius 3 is 2.47 bits per heavy atom. The van der Waals surface area contributed by atoms with Gasteiger partial charge in [-0.2, -0.15) is 0 Å². The monoisotopic (exact) mass is 213 g/mol. The fraction of sp³-hybridized carbons (Fsp3) is 1.00. The van der Waals surface area contributed by atoms with Crippen LogP contribution in [0.1, 0.15) is 46.0 Å². The van der Waals surface area contributed by atoms with E-state index in [4.69, 9.17) is 4.74 Å². The third kappa shape index (κ3) is 5.53. The number of rotatable bonds is 6. The van der Waals surface area contributed by atoms with Crippen LogP contribution in [-0.2, 0) is 4.74 Å². The minimum absolute atomic E-state index is 0.267. The normalized spacial score (nSPS) is 19.4. The van der Waals surface area contributed by atoms with E-state index in [2.05, 4.69) is 19.2 Å². The average Bonchev–Trinajstić information content (AvgIpc) is 2.19. The van der Waals surface area contributed by atoms with E-state index in [-0.39, 0.29) is 5.41 Å². The zero-order valence-electron chi connectivity index (χ0n) is 10.6. The molecule has 0 aromatic rings. The Morgan fingerprint density at radius 2 is 1.87 bits per heavy atom. The molecule has 0 amide bonds. The van der Waals surface area contributed by atoms with Crippen molar-refractivity contribution in [2.45, 2.75) is 46.0 Å². The summed E-state index contributed by atoms with van der Waals surface area (Å²) in [6, 6.07) is 0. The van der Waals surface area contributed by atoms with E-state index in [1.807, 2.05) is 7.05 Å². The van der Waals surface area contributed by atoms with Crippen molar-refractivity contribution in [3.63, 3.8) is 0 Å². The Kier molecular flexibility index (Phi) is 5.62. The van der Waals surface area contributed by atoms with Crippen LogP contribution in [0.15, 0.2) is 0 Å². The predicted octanol–water partition coefficient (Wildman–Crippen LogP) is 2.83. The maximum Gasteiger partial charge on any atom is 0.0529 e. The van der Waals surface area contributed by atoms with E-state index >= 15 is 0 Å². The summed E-state index contributed by atoms with van der Waals surface area (Å²) in [5.74, 6) is 0.837. The van der Waals surface area contributed by atoms with Gasteiger partial charge in [-0.15, -0.1) is 0 Å². The lowest BCUT2D eigenvalue weighted by Crippen LogP contribution is -2.32. The van der Waals surface area contributed by atoms with Crippen molar-refractivity contribution in [3.05, 3.63) is 0 Å². The van der Waals surface area contributed by atoms with Crippen molar-refractivity contribution in [1.82, 2.24) is 5.32 Å². The molecule has 0 atom stereocenters. The molecule has 0 unspecified atom stereocenters. The van der Waals surface area contributed by atoms with E-state index in [1.54, 1.807) is 0 Å². The predicted molar refractivity (Wildman–Crippen MR) is 65.1 cm³/mol. The fourth-order valence-electron chi connectivity index (χ4n) is 2.39. The van der Waals surface area contributed by atoms with Gasteiger partial charge in [-0.3, -0.25) is 0 Å². The van der Waals surface area contributed by atoms with Crippen molar-refractivity contribution in [3.8, 4) is 0 Å². The van der Waals surface area contributed by atoms with Gasteiger partial charge in [0.2, 0.25) is 0 Å². The van der Waals surface area contributed by atoms with Crippen LogP contribution in [0.3, 0.4) is 0 Å². The largest absolute Gasteiger partial charge is 0.381 e. The molecule has 2 heteroatoms. The molecule has 0 aromatic carbocycles. The minimum Gasteiger partial charge on any atom is -0.381 e. The summed E-state index contributed by atoms with van der Waals surface area (Å²) in [4.78, 5) is 0. The lowest BCUT2D eigenvalue weighted by atomic mass is 9.90. The standard InChI is InChI=1S/C13H27NO/c1-13(2,10-14-3)11-15-9-12-7-5-4-6-8-12/h12,14H,4-11H2,1-3H3. The summed E-state index contributed by atoms with van der Waals surface area (Å²) in [7, 11) is 2.00. The molecular formula is C13H27NO. The van der Waals surface area contributed by atoms with Gasteiger partial charge in [0.15, 0.2) is 0 Å². The molecule has 0 heterocycles. The van der Waals surface area contributed by atoms with Crippen LogP contribution < -0.4 is 5.32 Å². The third-order valence-corrected chi connectivity index (χ3v) is 3.23. The first kappa shape index (κ1) is 13.0. The Labute approximate surface area is 94.8 Å². The topological polar surface area (TPSA) is 21.3 Å². The van der Waals surface area contributed by atoms with E-state index in [9.17, 15) is 0 Å². The van der Waals surface area contributed by atoms with Crippen LogP contribution in [0.25, 0.3) is 0 Å². The summed E-state index contributed by atoms with van der Waals surface area (Å²) in [5.41, 5.74) is 0.267. The van der Waals surface area contributed by atoms with Gasteiger partial charge in [0.1, 0.15) is 0 Å². The van der Waals surface area contributed by atoms with Gasteiger partial charge in [0.05, 0.1) is 6.61 Å². The maximum absolute atomic E-state index is 5.85. The van der Waals surface area contributed by atoms with Crippen molar-refractivity contribution < 1.29 is 4.74 Å². The fourth-order valence-corrected chi connectivity index (χ4v) is 2.39. The summed E-state index contributed by atoms with van der Waals surface area (Å²) in [6.45, 7) is 7.39. The van der Waals surface area contributed by atoms with Crippen LogP contribution in [0, 0.1) is 11.3 Å². The SMILES string of the molecule is CNCC(C)(C)COCC1CCCCC1. The highest BCUT2D eigenvalue weighted by molar-refractivity contribution is 4.71. The molecule has 0 aromatic heterocycles. The van der Waals surface area contributed by atoms with Crippen LogP contribution >= 0.6 is 0 Å². The molecule has 1 saturated carbocycles. The molecule has 1 aliphatic rings. The van der Waals surface area contributed by atoms with Gasteiger partial charge in [-0.25, -0.2) is 0 Å². The first-order valence-corrected chi connectivity index (χ1v) is 6.36. The highest BCUT2D eigenvalue weighted by Gasteiger charge is 2.19. The molecular weight excluding hydrogens is 186 g/mol. The summed E-state index contributed by atoms with van der Waals surface area (Å²) in [5, 5.41) is 3.22. The second-order valence-electron chi connectivity index (χ2n) is 5.71. The quantitative estimate of drug-likeness (QED) is 0.732. The van der Waals surface area contributed by atoms with E-state index in [0.717, 1.165) is 25.7 Å².